The van der Waals surface area contributed by atoms with Gasteiger partial charge in [0.05, 0.1) is 17.9 Å². The number of hydrogen-bond acceptors (Lipinski definition) is 2. The van der Waals surface area contributed by atoms with Crippen molar-refractivity contribution in [2.45, 2.75) is 6.54 Å². The van der Waals surface area contributed by atoms with Gasteiger partial charge in [-0.2, -0.15) is 0 Å². The molecule has 0 spiro atoms. The van der Waals surface area contributed by atoms with Crippen LogP contribution in [-0.4, -0.2) is 5.84 Å². The molecule has 0 amide bonds. The van der Waals surface area contributed by atoms with Crippen molar-refractivity contribution in [1.29, 1.82) is 0 Å². The van der Waals surface area contributed by atoms with Crippen molar-refractivity contribution in [2.24, 2.45) is 4.99 Å². The van der Waals surface area contributed by atoms with E-state index in [0.717, 1.165) is 18.1 Å². The largest absolute Gasteiger partial charge is 0.321 e. The smallest absolute Gasteiger partial charge is 0.141 e. The van der Waals surface area contributed by atoms with Crippen LogP contribution in [0.3, 0.4) is 0 Å². The van der Waals surface area contributed by atoms with Crippen LogP contribution >= 0.6 is 0 Å². The molecule has 94 valence electrons. The van der Waals surface area contributed by atoms with Crippen LogP contribution in [0.15, 0.2) is 65.7 Å². The van der Waals surface area contributed by atoms with Crippen molar-refractivity contribution in [1.82, 2.24) is 0 Å². The number of nitrogens with zero attached hydrogens (tertiary/aromatic N) is 2. The van der Waals surface area contributed by atoms with E-state index in [-0.39, 0.29) is 0 Å². The van der Waals surface area contributed by atoms with Gasteiger partial charge in [-0.05, 0) is 23.1 Å². The molecule has 2 aliphatic rings. The maximum atomic E-state index is 4.91. The van der Waals surface area contributed by atoms with Gasteiger partial charge in [0, 0.05) is 10.9 Å². The molecule has 0 aromatic heterocycles. The third kappa shape index (κ3) is 1.16. The zero-order chi connectivity index (χ0) is 13.1. The maximum Gasteiger partial charge on any atom is 0.141 e. The van der Waals surface area contributed by atoms with Crippen LogP contribution in [0.5, 0.6) is 0 Å². The first-order valence-electron chi connectivity index (χ1n) is 6.88. The highest BCUT2D eigenvalue weighted by atomic mass is 15.2. The van der Waals surface area contributed by atoms with E-state index in [1.165, 1.54) is 27.6 Å². The third-order valence-corrected chi connectivity index (χ3v) is 4.22. The Kier molecular flexibility index (Phi) is 1.78. The lowest BCUT2D eigenvalue weighted by Crippen LogP contribution is -2.26. The fourth-order valence-corrected chi connectivity index (χ4v) is 3.32. The molecule has 0 radical (unpaired) electrons. The molecule has 0 saturated carbocycles. The Balaban J connectivity index is 1.88. The van der Waals surface area contributed by atoms with Crippen LogP contribution in [0.4, 0.5) is 11.4 Å². The number of fused-ring (bicyclic) bond motifs is 4. The lowest BCUT2D eigenvalue weighted by atomic mass is 10.0. The highest BCUT2D eigenvalue weighted by Gasteiger charge is 2.30. The fraction of sp³-hybridized carbons (Fsp3) is 0.0556. The fourth-order valence-electron chi connectivity index (χ4n) is 3.32. The van der Waals surface area contributed by atoms with Gasteiger partial charge in [-0.25, -0.2) is 4.99 Å². The predicted molar refractivity (Wildman–Crippen MR) is 82.8 cm³/mol. The summed E-state index contributed by atoms with van der Waals surface area (Å²) in [5.41, 5.74) is 4.98. The Labute approximate surface area is 117 Å². The van der Waals surface area contributed by atoms with Gasteiger partial charge >= 0.3 is 0 Å². The summed E-state index contributed by atoms with van der Waals surface area (Å²) < 4.78 is 0. The normalized spacial score (nSPS) is 15.0. The molecule has 0 saturated heterocycles. The molecule has 2 heterocycles. The van der Waals surface area contributed by atoms with E-state index in [9.17, 15) is 0 Å². The van der Waals surface area contributed by atoms with Gasteiger partial charge in [0.2, 0.25) is 0 Å². The summed E-state index contributed by atoms with van der Waals surface area (Å²) in [6.45, 7) is 0.919. The predicted octanol–water partition coefficient (Wildman–Crippen LogP) is 4.25. The number of benzene rings is 3. The Morgan fingerprint density at radius 1 is 0.850 bits per heavy atom. The van der Waals surface area contributed by atoms with Crippen LogP contribution in [0.2, 0.25) is 0 Å². The Morgan fingerprint density at radius 2 is 1.70 bits per heavy atom. The van der Waals surface area contributed by atoms with Crippen molar-refractivity contribution in [3.05, 3.63) is 71.8 Å². The molecule has 0 N–H and O–H groups in total. The minimum Gasteiger partial charge on any atom is -0.321 e. The molecule has 2 heteroatoms. The van der Waals surface area contributed by atoms with Crippen molar-refractivity contribution in [3.63, 3.8) is 0 Å². The van der Waals surface area contributed by atoms with Crippen LogP contribution < -0.4 is 4.90 Å². The van der Waals surface area contributed by atoms with Crippen molar-refractivity contribution in [3.8, 4) is 0 Å². The third-order valence-electron chi connectivity index (χ3n) is 4.22. The van der Waals surface area contributed by atoms with Crippen molar-refractivity contribution in [2.75, 3.05) is 4.90 Å². The first-order chi connectivity index (χ1) is 9.92. The summed E-state index contributed by atoms with van der Waals surface area (Å²) in [5.74, 6) is 1.09. The summed E-state index contributed by atoms with van der Waals surface area (Å²) >= 11 is 0. The molecule has 0 fully saturated rings. The number of rotatable bonds is 0. The first kappa shape index (κ1) is 10.2. The van der Waals surface area contributed by atoms with Crippen molar-refractivity contribution >= 4 is 28.0 Å². The van der Waals surface area contributed by atoms with E-state index in [2.05, 4.69) is 65.6 Å². The molecule has 2 aliphatic heterocycles. The molecule has 0 aliphatic carbocycles. The SMILES string of the molecule is c1ccc2c(c1)CN1C2=Nc2cccc3cccc1c23. The first-order valence-corrected chi connectivity index (χ1v) is 6.88. The molecule has 5 rings (SSSR count). The van der Waals surface area contributed by atoms with E-state index in [4.69, 9.17) is 4.99 Å². The summed E-state index contributed by atoms with van der Waals surface area (Å²) in [6.07, 6.45) is 0. The van der Waals surface area contributed by atoms with Gasteiger partial charge in [-0.15, -0.1) is 0 Å². The molecule has 0 bridgehead atoms. The molecule has 20 heavy (non-hydrogen) atoms. The second-order valence-electron chi connectivity index (χ2n) is 5.33. The van der Waals surface area contributed by atoms with Gasteiger partial charge in [-0.1, -0.05) is 48.5 Å². The average molecular weight is 256 g/mol. The van der Waals surface area contributed by atoms with Crippen molar-refractivity contribution < 1.29 is 0 Å². The lowest BCUT2D eigenvalue weighted by molar-refractivity contribution is 1.05. The van der Waals surface area contributed by atoms with E-state index < -0.39 is 0 Å². The number of hydrogen-bond donors (Lipinski definition) is 0. The molecule has 3 aromatic carbocycles. The second-order valence-corrected chi connectivity index (χ2v) is 5.33. The molecule has 2 nitrogen and oxygen atoms in total. The molecular weight excluding hydrogens is 244 g/mol. The van der Waals surface area contributed by atoms with Gasteiger partial charge in [0.1, 0.15) is 5.84 Å². The zero-order valence-corrected chi connectivity index (χ0v) is 10.9. The average Bonchev–Trinajstić information content (AvgIpc) is 2.87. The molecule has 3 aromatic rings. The van der Waals surface area contributed by atoms with Gasteiger partial charge in [0.15, 0.2) is 0 Å². The number of aliphatic imine (C=N–C) groups is 1. The molecule has 0 unspecified atom stereocenters. The van der Waals surface area contributed by atoms with E-state index in [0.29, 0.717) is 0 Å². The highest BCUT2D eigenvalue weighted by Crippen LogP contribution is 2.42. The quantitative estimate of drug-likeness (QED) is 0.587. The standard InChI is InChI=1S/C18H12N2/c1-2-8-14-13(5-1)11-20-16-10-4-7-12-6-3-9-15(17(12)16)19-18(14)20/h1-10H,11H2. The Hall–Kier alpha value is -2.61. The molecule has 0 atom stereocenters. The summed E-state index contributed by atoms with van der Waals surface area (Å²) in [7, 11) is 0. The minimum absolute atomic E-state index is 0.919. The zero-order valence-electron chi connectivity index (χ0n) is 10.9. The molecular formula is C18H12N2. The summed E-state index contributed by atoms with van der Waals surface area (Å²) in [5, 5.41) is 2.53. The second kappa shape index (κ2) is 3.48. The van der Waals surface area contributed by atoms with Gasteiger partial charge < -0.3 is 4.90 Å². The number of anilines is 1. The van der Waals surface area contributed by atoms with Crippen LogP contribution in [-0.2, 0) is 6.54 Å². The van der Waals surface area contributed by atoms with Gasteiger partial charge in [-0.3, -0.25) is 0 Å². The van der Waals surface area contributed by atoms with E-state index >= 15 is 0 Å². The summed E-state index contributed by atoms with van der Waals surface area (Å²) in [6, 6.07) is 21.4. The van der Waals surface area contributed by atoms with Crippen LogP contribution in [0.1, 0.15) is 11.1 Å². The Bertz CT molecular complexity index is 888. The van der Waals surface area contributed by atoms with Gasteiger partial charge in [0.25, 0.3) is 0 Å². The van der Waals surface area contributed by atoms with E-state index in [1.54, 1.807) is 0 Å². The Morgan fingerprint density at radius 3 is 2.65 bits per heavy atom. The minimum atomic E-state index is 0.919. The number of amidine groups is 1. The van der Waals surface area contributed by atoms with E-state index in [1.807, 2.05) is 0 Å². The highest BCUT2D eigenvalue weighted by molar-refractivity contribution is 6.22. The lowest BCUT2D eigenvalue weighted by Gasteiger charge is -2.26. The maximum absolute atomic E-state index is 4.91. The summed E-state index contributed by atoms with van der Waals surface area (Å²) in [4.78, 5) is 7.24. The topological polar surface area (TPSA) is 15.6 Å². The monoisotopic (exact) mass is 256 g/mol. The van der Waals surface area contributed by atoms with Crippen LogP contribution in [0, 0.1) is 0 Å². The van der Waals surface area contributed by atoms with Crippen LogP contribution in [0.25, 0.3) is 10.8 Å².